The molecule has 0 radical (unpaired) electrons. The van der Waals surface area contributed by atoms with Gasteiger partial charge in [0, 0.05) is 0 Å². The van der Waals surface area contributed by atoms with Gasteiger partial charge in [-0.1, -0.05) is 13.3 Å². The molecule has 0 saturated carbocycles. The van der Waals surface area contributed by atoms with E-state index < -0.39 is 5.60 Å². The van der Waals surface area contributed by atoms with Gasteiger partial charge in [-0.3, -0.25) is 0 Å². The molecule has 0 unspecified atom stereocenters. The van der Waals surface area contributed by atoms with Gasteiger partial charge >= 0.3 is 5.97 Å². The van der Waals surface area contributed by atoms with E-state index in [0.717, 1.165) is 19.3 Å². The molecule has 0 heterocycles. The Hall–Kier alpha value is -1.93. The molecule has 0 N–H and O–H groups in total. The fourth-order valence-corrected chi connectivity index (χ4v) is 1.69. The normalized spacial score (nSPS) is 10.7. The summed E-state index contributed by atoms with van der Waals surface area (Å²) in [5, 5.41) is 0. The van der Waals surface area contributed by atoms with E-state index in [4.69, 9.17) is 4.74 Å². The molecule has 0 spiro atoms. The van der Waals surface area contributed by atoms with Gasteiger partial charge in [0.2, 0.25) is 6.08 Å². The van der Waals surface area contributed by atoms with Crippen LogP contribution in [-0.2, 0) is 9.53 Å². The number of esters is 1. The summed E-state index contributed by atoms with van der Waals surface area (Å²) in [5.74, 6) is -0.359. The third kappa shape index (κ3) is 5.06. The van der Waals surface area contributed by atoms with E-state index in [-0.39, 0.29) is 5.97 Å². The van der Waals surface area contributed by atoms with E-state index in [1.165, 1.54) is 6.08 Å². The molecule has 1 rings (SSSR count). The lowest BCUT2D eigenvalue weighted by atomic mass is 10.0. The number of unbranched alkanes of at least 4 members (excludes halogenated alkanes) is 1. The van der Waals surface area contributed by atoms with Crippen molar-refractivity contribution >= 4 is 17.7 Å². The number of hydrogen-bond acceptors (Lipinski definition) is 4. The fourth-order valence-electron chi connectivity index (χ4n) is 1.69. The number of benzene rings is 1. The van der Waals surface area contributed by atoms with Crippen LogP contribution in [0, 0.1) is 0 Å². The van der Waals surface area contributed by atoms with Gasteiger partial charge in [-0.15, -0.1) is 0 Å². The zero-order valence-corrected chi connectivity index (χ0v) is 11.6. The van der Waals surface area contributed by atoms with Crippen molar-refractivity contribution in [2.75, 3.05) is 0 Å². The second kappa shape index (κ2) is 6.86. The predicted molar refractivity (Wildman–Crippen MR) is 73.2 cm³/mol. The highest BCUT2D eigenvalue weighted by Crippen LogP contribution is 2.21. The molecule has 0 fully saturated rings. The van der Waals surface area contributed by atoms with Gasteiger partial charge in [0.05, 0.1) is 11.3 Å². The number of aliphatic imine (C=N–C) groups is 1. The number of carbonyl (C=O) groups excluding carboxylic acids is 2. The fraction of sp³-hybridized carbons (Fsp3) is 0.467. The first-order chi connectivity index (χ1) is 8.98. The van der Waals surface area contributed by atoms with Gasteiger partial charge in [0.1, 0.15) is 5.60 Å². The van der Waals surface area contributed by atoms with Crippen molar-refractivity contribution in [3.63, 3.8) is 0 Å². The molecule has 0 amide bonds. The van der Waals surface area contributed by atoms with Crippen LogP contribution in [0.1, 0.15) is 50.4 Å². The van der Waals surface area contributed by atoms with Gasteiger partial charge in [0.25, 0.3) is 0 Å². The highest BCUT2D eigenvalue weighted by molar-refractivity contribution is 5.90. The van der Waals surface area contributed by atoms with E-state index in [2.05, 4.69) is 11.9 Å². The lowest BCUT2D eigenvalue weighted by Gasteiger charge is -2.25. The summed E-state index contributed by atoms with van der Waals surface area (Å²) in [5.41, 5.74) is 0.457. The number of nitrogens with zero attached hydrogens (tertiary/aromatic N) is 1. The Balaban J connectivity index is 2.69. The maximum absolute atomic E-state index is 12.0. The summed E-state index contributed by atoms with van der Waals surface area (Å²) < 4.78 is 5.48. The molecule has 0 atom stereocenters. The highest BCUT2D eigenvalue weighted by atomic mass is 16.6. The number of hydrogen-bond donors (Lipinski definition) is 0. The first-order valence-electron chi connectivity index (χ1n) is 6.40. The molecule has 0 aliphatic heterocycles. The molecule has 4 heteroatoms. The Morgan fingerprint density at radius 1 is 1.32 bits per heavy atom. The molecular weight excluding hydrogens is 242 g/mol. The number of carbonyl (C=O) groups is 1. The number of rotatable bonds is 6. The van der Waals surface area contributed by atoms with E-state index >= 15 is 0 Å². The van der Waals surface area contributed by atoms with Crippen LogP contribution in [0.5, 0.6) is 0 Å². The van der Waals surface area contributed by atoms with Crippen LogP contribution in [0.15, 0.2) is 29.3 Å². The van der Waals surface area contributed by atoms with Crippen LogP contribution < -0.4 is 0 Å². The summed E-state index contributed by atoms with van der Waals surface area (Å²) >= 11 is 0. The van der Waals surface area contributed by atoms with Crippen LogP contribution in [0.2, 0.25) is 0 Å². The van der Waals surface area contributed by atoms with Crippen molar-refractivity contribution in [3.05, 3.63) is 29.8 Å². The van der Waals surface area contributed by atoms with Crippen molar-refractivity contribution in [3.8, 4) is 0 Å². The molecule has 0 saturated heterocycles. The average molecular weight is 261 g/mol. The molecule has 0 aliphatic rings. The summed E-state index contributed by atoms with van der Waals surface area (Å²) in [6.45, 7) is 5.92. The quantitative estimate of drug-likeness (QED) is 0.445. The molecule has 1 aromatic carbocycles. The minimum atomic E-state index is -0.466. The molecule has 0 bridgehead atoms. The van der Waals surface area contributed by atoms with Crippen molar-refractivity contribution in [1.82, 2.24) is 0 Å². The predicted octanol–water partition coefficient (Wildman–Crippen LogP) is 3.78. The van der Waals surface area contributed by atoms with E-state index in [0.29, 0.717) is 11.3 Å². The summed E-state index contributed by atoms with van der Waals surface area (Å²) in [6, 6.07) is 6.35. The Labute approximate surface area is 113 Å². The second-order valence-electron chi connectivity index (χ2n) is 5.00. The molecule has 1 aromatic rings. The number of ether oxygens (including phenoxy) is 1. The van der Waals surface area contributed by atoms with Crippen LogP contribution >= 0.6 is 0 Å². The Morgan fingerprint density at radius 3 is 2.47 bits per heavy atom. The first kappa shape index (κ1) is 15.1. The summed E-state index contributed by atoms with van der Waals surface area (Å²) in [6.07, 6.45) is 4.38. The van der Waals surface area contributed by atoms with E-state index in [9.17, 15) is 9.59 Å². The van der Waals surface area contributed by atoms with Gasteiger partial charge in [-0.05, 0) is 51.0 Å². The summed E-state index contributed by atoms with van der Waals surface area (Å²) in [4.78, 5) is 25.5. The Morgan fingerprint density at radius 2 is 1.95 bits per heavy atom. The van der Waals surface area contributed by atoms with Crippen molar-refractivity contribution in [1.29, 1.82) is 0 Å². The van der Waals surface area contributed by atoms with E-state index in [1.54, 1.807) is 24.3 Å². The van der Waals surface area contributed by atoms with Crippen LogP contribution in [-0.4, -0.2) is 17.7 Å². The number of isocyanates is 1. The van der Waals surface area contributed by atoms with Gasteiger partial charge < -0.3 is 4.74 Å². The maximum Gasteiger partial charge on any atom is 0.338 e. The monoisotopic (exact) mass is 261 g/mol. The van der Waals surface area contributed by atoms with Crippen molar-refractivity contribution in [2.45, 2.75) is 45.6 Å². The zero-order valence-electron chi connectivity index (χ0n) is 11.6. The van der Waals surface area contributed by atoms with Gasteiger partial charge in [-0.25, -0.2) is 9.59 Å². The third-order valence-electron chi connectivity index (χ3n) is 2.78. The highest BCUT2D eigenvalue weighted by Gasteiger charge is 2.22. The maximum atomic E-state index is 12.0. The minimum Gasteiger partial charge on any atom is -0.456 e. The lowest BCUT2D eigenvalue weighted by Crippen LogP contribution is -2.28. The molecule has 4 nitrogen and oxygen atoms in total. The SMILES string of the molecule is CCCCC(C)(C)OC(=O)c1ccc(N=C=O)cc1. The van der Waals surface area contributed by atoms with Crippen LogP contribution in [0.3, 0.4) is 0 Å². The zero-order chi connectivity index (χ0) is 14.3. The molecule has 0 aromatic heterocycles. The first-order valence-corrected chi connectivity index (χ1v) is 6.40. The standard InChI is InChI=1S/C15H19NO3/c1-4-5-10-15(2,3)19-14(18)12-6-8-13(9-7-12)16-11-17/h6-9H,4-5,10H2,1-3H3. The Bertz CT molecular complexity index is 471. The van der Waals surface area contributed by atoms with Crippen molar-refractivity contribution < 1.29 is 14.3 Å². The molecule has 0 aliphatic carbocycles. The van der Waals surface area contributed by atoms with Gasteiger partial charge in [-0.2, -0.15) is 4.99 Å². The third-order valence-corrected chi connectivity index (χ3v) is 2.78. The summed E-state index contributed by atoms with van der Waals surface area (Å²) in [7, 11) is 0. The Kier molecular flexibility index (Phi) is 5.46. The largest absolute Gasteiger partial charge is 0.456 e. The van der Waals surface area contributed by atoms with Crippen LogP contribution in [0.4, 0.5) is 5.69 Å². The van der Waals surface area contributed by atoms with Crippen LogP contribution in [0.25, 0.3) is 0 Å². The molecular formula is C15H19NO3. The second-order valence-corrected chi connectivity index (χ2v) is 5.00. The van der Waals surface area contributed by atoms with Crippen molar-refractivity contribution in [2.24, 2.45) is 4.99 Å². The molecule has 102 valence electrons. The topological polar surface area (TPSA) is 55.7 Å². The van der Waals surface area contributed by atoms with Gasteiger partial charge in [0.15, 0.2) is 0 Å². The molecule has 19 heavy (non-hydrogen) atoms. The smallest absolute Gasteiger partial charge is 0.338 e. The lowest BCUT2D eigenvalue weighted by molar-refractivity contribution is -0.00531. The minimum absolute atomic E-state index is 0.359. The average Bonchev–Trinajstić information content (AvgIpc) is 2.37. The van der Waals surface area contributed by atoms with E-state index in [1.807, 2.05) is 13.8 Å².